The van der Waals surface area contributed by atoms with E-state index in [-0.39, 0.29) is 12.7 Å². The van der Waals surface area contributed by atoms with E-state index in [4.69, 9.17) is 21.4 Å². The number of benzene rings is 1. The molecule has 13 heavy (non-hydrogen) atoms. The highest BCUT2D eigenvalue weighted by Gasteiger charge is 2.05. The maximum Gasteiger partial charge on any atom is 0.121 e. The minimum Gasteiger partial charge on any atom is -0.488 e. The van der Waals surface area contributed by atoms with Gasteiger partial charge in [-0.05, 0) is 24.6 Å². The second kappa shape index (κ2) is 5.10. The zero-order chi connectivity index (χ0) is 9.68. The topological polar surface area (TPSA) is 29.5 Å². The molecule has 3 heteroatoms. The summed E-state index contributed by atoms with van der Waals surface area (Å²) in [6, 6.07) is 7.17. The Morgan fingerprint density at radius 1 is 1.54 bits per heavy atom. The summed E-state index contributed by atoms with van der Waals surface area (Å²) in [7, 11) is 0. The number of rotatable bonds is 4. The fourth-order valence-corrected chi connectivity index (χ4v) is 1.16. The fourth-order valence-electron chi connectivity index (χ4n) is 0.982. The van der Waals surface area contributed by atoms with Gasteiger partial charge in [-0.2, -0.15) is 0 Å². The van der Waals surface area contributed by atoms with Crippen molar-refractivity contribution in [1.29, 1.82) is 0 Å². The van der Waals surface area contributed by atoms with Gasteiger partial charge in [-0.15, -0.1) is 0 Å². The molecule has 0 spiro atoms. The van der Waals surface area contributed by atoms with E-state index >= 15 is 0 Å². The highest BCUT2D eigenvalue weighted by Crippen LogP contribution is 2.18. The summed E-state index contributed by atoms with van der Waals surface area (Å²) in [4.78, 5) is 0. The largest absolute Gasteiger partial charge is 0.488 e. The second-order valence-electron chi connectivity index (χ2n) is 2.79. The SMILES string of the molecule is CCC(CO)Oc1cccc(Cl)c1. The molecule has 1 rings (SSSR count). The number of hydrogen-bond acceptors (Lipinski definition) is 2. The lowest BCUT2D eigenvalue weighted by Crippen LogP contribution is -2.19. The molecule has 0 saturated heterocycles. The van der Waals surface area contributed by atoms with Crippen molar-refractivity contribution in [3.63, 3.8) is 0 Å². The van der Waals surface area contributed by atoms with Crippen LogP contribution in [0.1, 0.15) is 13.3 Å². The maximum atomic E-state index is 8.90. The molecular weight excluding hydrogens is 188 g/mol. The molecule has 0 amide bonds. The number of halogens is 1. The molecule has 72 valence electrons. The van der Waals surface area contributed by atoms with Crippen molar-refractivity contribution in [3.8, 4) is 5.75 Å². The van der Waals surface area contributed by atoms with Crippen LogP contribution in [0.15, 0.2) is 24.3 Å². The van der Waals surface area contributed by atoms with E-state index in [9.17, 15) is 0 Å². The number of hydrogen-bond donors (Lipinski definition) is 1. The van der Waals surface area contributed by atoms with Crippen LogP contribution in [-0.4, -0.2) is 17.8 Å². The first-order chi connectivity index (χ1) is 6.26. The molecule has 0 bridgehead atoms. The van der Waals surface area contributed by atoms with Crippen LogP contribution in [0.25, 0.3) is 0 Å². The van der Waals surface area contributed by atoms with Gasteiger partial charge in [0, 0.05) is 5.02 Å². The van der Waals surface area contributed by atoms with Gasteiger partial charge in [-0.3, -0.25) is 0 Å². The van der Waals surface area contributed by atoms with Gasteiger partial charge in [-0.25, -0.2) is 0 Å². The Hall–Kier alpha value is -0.730. The van der Waals surface area contributed by atoms with Crippen molar-refractivity contribution in [2.24, 2.45) is 0 Å². The fraction of sp³-hybridized carbons (Fsp3) is 0.400. The Kier molecular flexibility index (Phi) is 4.06. The summed E-state index contributed by atoms with van der Waals surface area (Å²) in [6.07, 6.45) is 0.640. The van der Waals surface area contributed by atoms with E-state index in [1.807, 2.05) is 19.1 Å². The van der Waals surface area contributed by atoms with Gasteiger partial charge in [0.05, 0.1) is 6.61 Å². The van der Waals surface area contributed by atoms with Gasteiger partial charge < -0.3 is 9.84 Å². The third kappa shape index (κ3) is 3.25. The molecule has 1 aromatic carbocycles. The Labute approximate surface area is 83.1 Å². The van der Waals surface area contributed by atoms with Crippen molar-refractivity contribution in [2.75, 3.05) is 6.61 Å². The van der Waals surface area contributed by atoms with Crippen molar-refractivity contribution in [2.45, 2.75) is 19.4 Å². The molecule has 0 aromatic heterocycles. The summed E-state index contributed by atoms with van der Waals surface area (Å²) in [6.45, 7) is 1.99. The van der Waals surface area contributed by atoms with Crippen LogP contribution < -0.4 is 4.74 Å². The molecule has 0 aliphatic heterocycles. The molecule has 0 saturated carbocycles. The third-order valence-corrected chi connectivity index (χ3v) is 1.99. The van der Waals surface area contributed by atoms with Crippen LogP contribution >= 0.6 is 11.6 Å². The van der Waals surface area contributed by atoms with Crippen LogP contribution in [0.2, 0.25) is 5.02 Å². The molecule has 2 nitrogen and oxygen atoms in total. The van der Waals surface area contributed by atoms with Gasteiger partial charge in [0.2, 0.25) is 0 Å². The van der Waals surface area contributed by atoms with Crippen molar-refractivity contribution >= 4 is 11.6 Å². The van der Waals surface area contributed by atoms with E-state index < -0.39 is 0 Å². The highest BCUT2D eigenvalue weighted by molar-refractivity contribution is 6.30. The van der Waals surface area contributed by atoms with Crippen LogP contribution in [-0.2, 0) is 0 Å². The average molecular weight is 201 g/mol. The van der Waals surface area contributed by atoms with E-state index in [0.717, 1.165) is 6.42 Å². The zero-order valence-electron chi connectivity index (χ0n) is 7.53. The van der Waals surface area contributed by atoms with E-state index in [0.29, 0.717) is 10.8 Å². The predicted octanol–water partition coefficient (Wildman–Crippen LogP) is 2.49. The van der Waals surface area contributed by atoms with Crippen LogP contribution in [0.5, 0.6) is 5.75 Å². The highest BCUT2D eigenvalue weighted by atomic mass is 35.5. The summed E-state index contributed by atoms with van der Waals surface area (Å²) in [5, 5.41) is 9.54. The smallest absolute Gasteiger partial charge is 0.121 e. The lowest BCUT2D eigenvalue weighted by atomic mass is 10.3. The lowest BCUT2D eigenvalue weighted by molar-refractivity contribution is 0.112. The Morgan fingerprint density at radius 3 is 2.85 bits per heavy atom. The molecule has 1 unspecified atom stereocenters. The predicted molar refractivity (Wildman–Crippen MR) is 53.2 cm³/mol. The van der Waals surface area contributed by atoms with E-state index in [2.05, 4.69) is 0 Å². The third-order valence-electron chi connectivity index (χ3n) is 1.76. The monoisotopic (exact) mass is 200 g/mol. The quantitative estimate of drug-likeness (QED) is 0.809. The molecule has 0 aliphatic carbocycles. The second-order valence-corrected chi connectivity index (χ2v) is 3.22. The summed E-state index contributed by atoms with van der Waals surface area (Å²) >= 11 is 5.77. The molecule has 0 radical (unpaired) electrons. The Balaban J connectivity index is 2.62. The van der Waals surface area contributed by atoms with Gasteiger partial charge in [0.25, 0.3) is 0 Å². The van der Waals surface area contributed by atoms with Gasteiger partial charge in [0.15, 0.2) is 0 Å². The number of aliphatic hydroxyl groups excluding tert-OH is 1. The molecule has 0 heterocycles. The number of ether oxygens (including phenoxy) is 1. The molecule has 1 N–H and O–H groups in total. The van der Waals surface area contributed by atoms with Crippen molar-refractivity contribution in [1.82, 2.24) is 0 Å². The van der Waals surface area contributed by atoms with Crippen LogP contribution in [0, 0.1) is 0 Å². The zero-order valence-corrected chi connectivity index (χ0v) is 8.29. The molecule has 1 atom stereocenters. The molecular formula is C10H13ClO2. The molecule has 0 fully saturated rings. The van der Waals surface area contributed by atoms with Crippen molar-refractivity contribution < 1.29 is 9.84 Å². The number of aliphatic hydroxyl groups is 1. The van der Waals surface area contributed by atoms with E-state index in [1.54, 1.807) is 12.1 Å². The first-order valence-electron chi connectivity index (χ1n) is 4.29. The normalized spacial score (nSPS) is 12.5. The molecule has 0 aliphatic rings. The minimum atomic E-state index is -0.140. The standard InChI is InChI=1S/C10H13ClO2/c1-2-9(7-12)13-10-5-3-4-8(11)6-10/h3-6,9,12H,2,7H2,1H3. The van der Waals surface area contributed by atoms with Crippen LogP contribution in [0.4, 0.5) is 0 Å². The van der Waals surface area contributed by atoms with E-state index in [1.165, 1.54) is 0 Å². The van der Waals surface area contributed by atoms with Crippen molar-refractivity contribution in [3.05, 3.63) is 29.3 Å². The molecule has 1 aromatic rings. The Bertz CT molecular complexity index is 259. The first kappa shape index (κ1) is 10.4. The van der Waals surface area contributed by atoms with Gasteiger partial charge in [0.1, 0.15) is 11.9 Å². The van der Waals surface area contributed by atoms with Gasteiger partial charge in [-0.1, -0.05) is 24.6 Å². The summed E-state index contributed by atoms with van der Waals surface area (Å²) in [5.74, 6) is 0.702. The maximum absolute atomic E-state index is 8.90. The lowest BCUT2D eigenvalue weighted by Gasteiger charge is -2.14. The summed E-state index contributed by atoms with van der Waals surface area (Å²) in [5.41, 5.74) is 0. The minimum absolute atomic E-state index is 0.0308. The summed E-state index contributed by atoms with van der Waals surface area (Å²) < 4.78 is 5.46. The van der Waals surface area contributed by atoms with Gasteiger partial charge >= 0.3 is 0 Å². The average Bonchev–Trinajstić information content (AvgIpc) is 2.14. The first-order valence-corrected chi connectivity index (χ1v) is 4.67. The van der Waals surface area contributed by atoms with Crippen LogP contribution in [0.3, 0.4) is 0 Å². The Morgan fingerprint density at radius 2 is 2.31 bits per heavy atom.